The summed E-state index contributed by atoms with van der Waals surface area (Å²) < 4.78 is 11.0. The fourth-order valence-corrected chi connectivity index (χ4v) is 7.51. The zero-order chi connectivity index (χ0) is 36.0. The smallest absolute Gasteiger partial charge is 0.509 e. The number of aryl methyl sites for hydroxylation is 4. The summed E-state index contributed by atoms with van der Waals surface area (Å²) in [7, 11) is 0. The van der Waals surface area contributed by atoms with Crippen molar-refractivity contribution in [2.24, 2.45) is 0 Å². The van der Waals surface area contributed by atoms with Crippen LogP contribution in [0.3, 0.4) is 0 Å². The molecule has 0 unspecified atom stereocenters. The van der Waals surface area contributed by atoms with Crippen molar-refractivity contribution in [3.05, 3.63) is 130 Å². The quantitative estimate of drug-likeness (QED) is 0.103. The first-order valence-corrected chi connectivity index (χ1v) is 18.4. The van der Waals surface area contributed by atoms with Gasteiger partial charge in [-0.3, -0.25) is 4.68 Å². The maximum Gasteiger partial charge on any atom is 2.00 e. The van der Waals surface area contributed by atoms with Crippen molar-refractivity contribution in [1.29, 1.82) is 0 Å². The Kier molecular flexibility index (Phi) is 10.9. The number of rotatable bonds is 10. The van der Waals surface area contributed by atoms with Gasteiger partial charge in [-0.05, 0) is 104 Å². The van der Waals surface area contributed by atoms with Crippen molar-refractivity contribution < 1.29 is 25.2 Å². The molecule has 7 rings (SSSR count). The van der Waals surface area contributed by atoms with Gasteiger partial charge in [0.15, 0.2) is 0 Å². The average molecular weight is 779 g/mol. The van der Waals surface area contributed by atoms with Crippen LogP contribution in [0.5, 0.6) is 11.5 Å². The van der Waals surface area contributed by atoms with Crippen molar-refractivity contribution in [2.75, 3.05) is 0 Å². The molecule has 0 bridgehead atoms. The van der Waals surface area contributed by atoms with E-state index in [1.54, 1.807) is 0 Å². The molecule has 0 spiro atoms. The Hall–Kier alpha value is -4.50. The molecule has 0 saturated carbocycles. The van der Waals surface area contributed by atoms with E-state index in [1.807, 2.05) is 12.3 Å². The van der Waals surface area contributed by atoms with Crippen LogP contribution in [0.2, 0.25) is 0 Å². The number of benzene rings is 4. The van der Waals surface area contributed by atoms with E-state index in [0.717, 1.165) is 58.3 Å². The second-order valence-electron chi connectivity index (χ2n) is 14.7. The summed E-state index contributed by atoms with van der Waals surface area (Å²) in [6.07, 6.45) is 5.01. The number of hydrogen-bond donors (Lipinski definition) is 0. The first-order chi connectivity index (χ1) is 24.5. The Morgan fingerprint density at radius 3 is 2.19 bits per heavy atom. The Balaban J connectivity index is 0.00000464. The second-order valence-corrected chi connectivity index (χ2v) is 14.7. The van der Waals surface area contributed by atoms with Gasteiger partial charge in [-0.2, -0.15) is 11.2 Å². The van der Waals surface area contributed by atoms with Crippen LogP contribution in [0.1, 0.15) is 98.5 Å². The zero-order valence-corrected chi connectivity index (χ0v) is 33.3. The summed E-state index contributed by atoms with van der Waals surface area (Å²) in [5.41, 5.74) is 14.0. The van der Waals surface area contributed by atoms with E-state index < -0.39 is 0 Å². The minimum absolute atomic E-state index is 0. The average Bonchev–Trinajstić information content (AvgIpc) is 3.60. The van der Waals surface area contributed by atoms with Crippen molar-refractivity contribution in [3.8, 4) is 34.1 Å². The van der Waals surface area contributed by atoms with Crippen molar-refractivity contribution in [1.82, 2.24) is 19.3 Å². The van der Waals surface area contributed by atoms with Gasteiger partial charge >= 0.3 is 20.4 Å². The molecule has 5 nitrogen and oxygen atoms in total. The van der Waals surface area contributed by atoms with E-state index in [0.29, 0.717) is 17.4 Å². The second kappa shape index (κ2) is 15.2. The minimum atomic E-state index is 0. The number of aromatic nitrogens is 4. The van der Waals surface area contributed by atoms with Crippen LogP contribution >= 0.6 is 0 Å². The third kappa shape index (κ3) is 7.00. The molecule has 6 heteroatoms. The first-order valence-electron chi connectivity index (χ1n) is 18.4. The van der Waals surface area contributed by atoms with Crippen molar-refractivity contribution >= 4 is 21.8 Å². The molecule has 0 fully saturated rings. The molecule has 4 aromatic carbocycles. The SMILES string of the molecule is CCCCc1c(-c2c(C)cc(C)cc2C)c(C)nn1-c1[c-]c(Oc2[c-]c3c(cc2)c2ccccc2n3-c2cc(C(C)C)ccn2)cc(C(C)C)c1.[Pd+2]. The maximum atomic E-state index is 6.70. The molecule has 0 aliphatic heterocycles. The predicted molar refractivity (Wildman–Crippen MR) is 211 cm³/mol. The Bertz CT molecular complexity index is 2370. The number of ether oxygens (including phenoxy) is 1. The van der Waals surface area contributed by atoms with Crippen LogP contribution < -0.4 is 4.74 Å². The molecule has 0 atom stereocenters. The number of para-hydroxylation sites is 1. The summed E-state index contributed by atoms with van der Waals surface area (Å²) in [4.78, 5) is 4.82. The molecule has 3 aromatic heterocycles. The molecule has 268 valence electrons. The van der Waals surface area contributed by atoms with Crippen molar-refractivity contribution in [2.45, 2.75) is 93.4 Å². The Morgan fingerprint density at radius 1 is 0.750 bits per heavy atom. The molecule has 0 aliphatic carbocycles. The number of hydrogen-bond acceptors (Lipinski definition) is 3. The first kappa shape index (κ1) is 37.3. The molecule has 0 radical (unpaired) electrons. The fourth-order valence-electron chi connectivity index (χ4n) is 7.51. The molecule has 0 amide bonds. The van der Waals surface area contributed by atoms with Gasteiger partial charge in [0.1, 0.15) is 5.82 Å². The van der Waals surface area contributed by atoms with Gasteiger partial charge in [-0.1, -0.05) is 82.5 Å². The van der Waals surface area contributed by atoms with Crippen LogP contribution in [0, 0.1) is 39.8 Å². The maximum absolute atomic E-state index is 6.70. The Morgan fingerprint density at radius 2 is 1.48 bits per heavy atom. The predicted octanol–water partition coefficient (Wildman–Crippen LogP) is 12.2. The van der Waals surface area contributed by atoms with Crippen LogP contribution in [-0.2, 0) is 26.8 Å². The van der Waals surface area contributed by atoms with Gasteiger partial charge in [-0.25, -0.2) is 4.98 Å². The molecular formula is C46H48N4OPd. The summed E-state index contributed by atoms with van der Waals surface area (Å²) in [6, 6.07) is 33.1. The number of pyridine rings is 1. The number of unbranched alkanes of at least 4 members (excludes halogenated alkanes) is 1. The van der Waals surface area contributed by atoms with E-state index in [9.17, 15) is 0 Å². The van der Waals surface area contributed by atoms with Gasteiger partial charge in [0.05, 0.1) is 5.69 Å². The van der Waals surface area contributed by atoms with Crippen molar-refractivity contribution in [3.63, 3.8) is 0 Å². The molecule has 3 heterocycles. The zero-order valence-electron chi connectivity index (χ0n) is 31.8. The van der Waals surface area contributed by atoms with Gasteiger partial charge < -0.3 is 9.30 Å². The van der Waals surface area contributed by atoms with E-state index in [-0.39, 0.29) is 26.3 Å². The van der Waals surface area contributed by atoms with Gasteiger partial charge in [-0.15, -0.1) is 41.3 Å². The molecule has 7 aromatic rings. The van der Waals surface area contributed by atoms with Gasteiger partial charge in [0, 0.05) is 34.5 Å². The van der Waals surface area contributed by atoms with E-state index >= 15 is 0 Å². The van der Waals surface area contributed by atoms with Gasteiger partial charge in [0.2, 0.25) is 0 Å². The number of nitrogens with zero attached hydrogens (tertiary/aromatic N) is 4. The molecule has 52 heavy (non-hydrogen) atoms. The fraction of sp³-hybridized carbons (Fsp3) is 0.304. The summed E-state index contributed by atoms with van der Waals surface area (Å²) in [6.45, 7) is 19.8. The van der Waals surface area contributed by atoms with Crippen LogP contribution in [0.25, 0.3) is 44.4 Å². The summed E-state index contributed by atoms with van der Waals surface area (Å²) >= 11 is 0. The monoisotopic (exact) mass is 778 g/mol. The topological polar surface area (TPSA) is 44.9 Å². The standard InChI is InChI=1S/C46H48N4O.Pd/c1-10-11-15-42-46(45-31(7)21-30(6)22-32(45)8)33(9)48-50(42)36-23-35(29(4)5)24-38(26-36)51-37-17-18-40-39-14-12-13-16-41(39)49(43(40)27-37)44-25-34(28(2)3)19-20-47-44;/h12-14,16-25,28-29H,10-11,15H2,1-9H3;/q-2;+2. The molecule has 0 saturated heterocycles. The summed E-state index contributed by atoms with van der Waals surface area (Å²) in [5, 5.41) is 7.47. The number of fused-ring (bicyclic) bond motifs is 3. The Labute approximate surface area is 322 Å². The van der Waals surface area contributed by atoms with Crippen LogP contribution in [0.4, 0.5) is 0 Å². The normalized spacial score (nSPS) is 11.6. The molecular weight excluding hydrogens is 731 g/mol. The van der Waals surface area contributed by atoms with E-state index in [2.05, 4.69) is 150 Å². The minimum Gasteiger partial charge on any atom is -0.509 e. The summed E-state index contributed by atoms with van der Waals surface area (Å²) in [5.74, 6) is 2.82. The van der Waals surface area contributed by atoms with E-state index in [1.165, 1.54) is 44.6 Å². The molecule has 0 N–H and O–H groups in total. The largest absolute Gasteiger partial charge is 2.00 e. The van der Waals surface area contributed by atoms with Gasteiger partial charge in [0.25, 0.3) is 0 Å². The third-order valence-corrected chi connectivity index (χ3v) is 10.0. The van der Waals surface area contributed by atoms with Crippen LogP contribution in [-0.4, -0.2) is 19.3 Å². The van der Waals surface area contributed by atoms with E-state index in [4.69, 9.17) is 14.8 Å². The third-order valence-electron chi connectivity index (χ3n) is 10.0. The molecule has 0 aliphatic rings. The van der Waals surface area contributed by atoms with Crippen LogP contribution in [0.15, 0.2) is 79.0 Å².